The lowest BCUT2D eigenvalue weighted by molar-refractivity contribution is -0.119. The summed E-state index contributed by atoms with van der Waals surface area (Å²) in [7, 11) is -3.34. The number of aryl methyl sites for hydroxylation is 2. The number of nitrogens with one attached hydrogen (secondary N) is 1. The Morgan fingerprint density at radius 1 is 1.20 bits per heavy atom. The highest BCUT2D eigenvalue weighted by molar-refractivity contribution is 9.10. The number of halogens is 1. The smallest absolute Gasteiger partial charge is 0.242 e. The Morgan fingerprint density at radius 3 is 2.60 bits per heavy atom. The zero-order valence-corrected chi connectivity index (χ0v) is 13.3. The van der Waals surface area contributed by atoms with Crippen LogP contribution >= 0.6 is 15.9 Å². The molecule has 1 N–H and O–H groups in total. The number of alkyl halides is 1. The number of carbonyl (C=O) groups is 1. The molecule has 1 aromatic carbocycles. The fraction of sp³-hybridized carbons (Fsp3) is 0.462. The summed E-state index contributed by atoms with van der Waals surface area (Å²) in [5.41, 5.74) is 3.73. The quantitative estimate of drug-likeness (QED) is 0.840. The lowest BCUT2D eigenvalue weighted by Gasteiger charge is -2.35. The summed E-state index contributed by atoms with van der Waals surface area (Å²) in [6.07, 6.45) is 2.99. The van der Waals surface area contributed by atoms with Gasteiger partial charge in [0.2, 0.25) is 15.9 Å². The van der Waals surface area contributed by atoms with Gasteiger partial charge in [-0.25, -0.2) is 8.42 Å². The van der Waals surface area contributed by atoms with Crippen LogP contribution in [0.15, 0.2) is 12.1 Å². The normalized spacial score (nSPS) is 17.9. The van der Waals surface area contributed by atoms with Crippen molar-refractivity contribution in [2.24, 2.45) is 0 Å². The molecule has 0 radical (unpaired) electrons. The second-order valence-electron chi connectivity index (χ2n) is 5.12. The Bertz CT molecular complexity index is 655. The van der Waals surface area contributed by atoms with Gasteiger partial charge in [-0.05, 0) is 42.5 Å². The maximum absolute atomic E-state index is 11.9. The van der Waals surface area contributed by atoms with E-state index >= 15 is 0 Å². The van der Waals surface area contributed by atoms with Crippen molar-refractivity contribution in [3.63, 3.8) is 0 Å². The third-order valence-corrected chi connectivity index (χ3v) is 6.33. The van der Waals surface area contributed by atoms with E-state index in [0.717, 1.165) is 36.2 Å². The van der Waals surface area contributed by atoms with E-state index in [0.29, 0.717) is 18.5 Å². The molecular formula is C13H15BrN2O3S. The van der Waals surface area contributed by atoms with Crippen LogP contribution in [0.5, 0.6) is 0 Å². The van der Waals surface area contributed by atoms with Gasteiger partial charge in [0.15, 0.2) is 0 Å². The van der Waals surface area contributed by atoms with Crippen molar-refractivity contribution >= 4 is 43.2 Å². The van der Waals surface area contributed by atoms with Gasteiger partial charge in [0, 0.05) is 18.7 Å². The monoisotopic (exact) mass is 358 g/mol. The van der Waals surface area contributed by atoms with Crippen LogP contribution in [-0.4, -0.2) is 25.5 Å². The van der Waals surface area contributed by atoms with Crippen LogP contribution in [0.4, 0.5) is 11.4 Å². The molecule has 0 aromatic heterocycles. The van der Waals surface area contributed by atoms with E-state index in [9.17, 15) is 13.2 Å². The molecule has 0 atom stereocenters. The molecule has 0 fully saturated rings. The third-order valence-electron chi connectivity index (χ3n) is 3.69. The number of sulfonamides is 1. The number of nitrogens with zero attached hydrogens (tertiary/aromatic N) is 1. The van der Waals surface area contributed by atoms with Crippen LogP contribution in [0, 0.1) is 0 Å². The molecule has 0 bridgehead atoms. The Morgan fingerprint density at radius 2 is 1.90 bits per heavy atom. The van der Waals surface area contributed by atoms with E-state index in [2.05, 4.69) is 20.7 Å². The fourth-order valence-electron chi connectivity index (χ4n) is 2.92. The van der Waals surface area contributed by atoms with Gasteiger partial charge in [-0.3, -0.25) is 9.52 Å². The molecule has 3 rings (SSSR count). The first-order valence-electron chi connectivity index (χ1n) is 6.53. The molecule has 7 heteroatoms. The second kappa shape index (κ2) is 5.04. The molecule has 0 aliphatic carbocycles. The lowest BCUT2D eigenvalue weighted by Crippen LogP contribution is -2.39. The highest BCUT2D eigenvalue weighted by atomic mass is 79.9. The molecule has 1 amide bonds. The van der Waals surface area contributed by atoms with E-state index in [4.69, 9.17) is 0 Å². The van der Waals surface area contributed by atoms with Crippen molar-refractivity contribution in [3.05, 3.63) is 23.3 Å². The molecule has 1 aromatic rings. The summed E-state index contributed by atoms with van der Waals surface area (Å²) in [5, 5.41) is 0. The van der Waals surface area contributed by atoms with Gasteiger partial charge in [0.05, 0.1) is 5.69 Å². The topological polar surface area (TPSA) is 66.5 Å². The molecule has 0 saturated heterocycles. The summed E-state index contributed by atoms with van der Waals surface area (Å²) in [6.45, 7) is 0.769. The molecule has 0 unspecified atom stereocenters. The first-order valence-corrected chi connectivity index (χ1v) is 9.30. The van der Waals surface area contributed by atoms with Crippen LogP contribution in [0.3, 0.4) is 0 Å². The van der Waals surface area contributed by atoms with Crippen molar-refractivity contribution < 1.29 is 13.2 Å². The summed E-state index contributed by atoms with van der Waals surface area (Å²) >= 11 is 2.96. The molecule has 108 valence electrons. The van der Waals surface area contributed by atoms with Gasteiger partial charge in [-0.15, -0.1) is 0 Å². The summed E-state index contributed by atoms with van der Waals surface area (Å²) in [6, 6.07) is 3.70. The minimum Gasteiger partial charge on any atom is -0.312 e. The van der Waals surface area contributed by atoms with Crippen LogP contribution in [0.2, 0.25) is 0 Å². The summed E-state index contributed by atoms with van der Waals surface area (Å²) < 4.78 is 25.7. The highest BCUT2D eigenvalue weighted by Crippen LogP contribution is 2.38. The number of anilines is 2. The van der Waals surface area contributed by atoms with E-state index in [-0.39, 0.29) is 10.6 Å². The van der Waals surface area contributed by atoms with Crippen LogP contribution in [0.25, 0.3) is 0 Å². The van der Waals surface area contributed by atoms with Crippen LogP contribution in [-0.2, 0) is 27.7 Å². The number of carbonyl (C=O) groups excluding carboxylic acids is 1. The Balaban J connectivity index is 2.04. The molecule has 2 aliphatic rings. The Hall–Kier alpha value is -1.08. The lowest BCUT2D eigenvalue weighted by atomic mass is 9.91. The number of benzene rings is 1. The van der Waals surface area contributed by atoms with Gasteiger partial charge in [-0.2, -0.15) is 0 Å². The number of rotatable bonds is 3. The van der Waals surface area contributed by atoms with Gasteiger partial charge < -0.3 is 4.90 Å². The minimum atomic E-state index is -3.34. The van der Waals surface area contributed by atoms with Crippen molar-refractivity contribution in [3.8, 4) is 0 Å². The molecule has 2 heterocycles. The van der Waals surface area contributed by atoms with E-state index < -0.39 is 10.0 Å². The fourth-order valence-corrected chi connectivity index (χ4v) is 3.79. The summed E-state index contributed by atoms with van der Waals surface area (Å²) in [5.74, 6) is 0.173. The van der Waals surface area contributed by atoms with Crippen LogP contribution < -0.4 is 9.62 Å². The molecule has 0 saturated carbocycles. The molecule has 0 spiro atoms. The number of hydrogen-bond acceptors (Lipinski definition) is 3. The number of amides is 1. The Kier molecular flexibility index (Phi) is 3.50. The van der Waals surface area contributed by atoms with Gasteiger partial charge in [0.1, 0.15) is 4.66 Å². The van der Waals surface area contributed by atoms with Crippen LogP contribution in [0.1, 0.15) is 24.0 Å². The van der Waals surface area contributed by atoms with Crippen molar-refractivity contribution in [1.82, 2.24) is 0 Å². The van der Waals surface area contributed by atoms with E-state index in [1.807, 2.05) is 17.0 Å². The minimum absolute atomic E-state index is 0.128. The third kappa shape index (κ3) is 2.44. The second-order valence-corrected chi connectivity index (χ2v) is 8.14. The van der Waals surface area contributed by atoms with E-state index in [1.165, 1.54) is 0 Å². The maximum atomic E-state index is 11.9. The maximum Gasteiger partial charge on any atom is 0.242 e. The zero-order valence-electron chi connectivity index (χ0n) is 10.9. The SMILES string of the molecule is O=C1CCc2cc(NS(=O)(=O)CBr)cc3c2N1CCC3. The predicted molar refractivity (Wildman–Crippen MR) is 81.8 cm³/mol. The average molecular weight is 359 g/mol. The predicted octanol–water partition coefficient (Wildman–Crippen LogP) is 2.01. The number of hydrogen-bond donors (Lipinski definition) is 1. The largest absolute Gasteiger partial charge is 0.312 e. The zero-order chi connectivity index (χ0) is 14.3. The standard InChI is InChI=1S/C13H15BrN2O3S/c14-8-20(18,19)15-11-6-9-2-1-5-16-12(17)4-3-10(7-11)13(9)16/h6-7,15H,1-5,8H2. The van der Waals surface area contributed by atoms with E-state index in [1.54, 1.807) is 0 Å². The highest BCUT2D eigenvalue weighted by Gasteiger charge is 2.29. The molecule has 5 nitrogen and oxygen atoms in total. The average Bonchev–Trinajstić information content (AvgIpc) is 2.42. The van der Waals surface area contributed by atoms with Gasteiger partial charge in [-0.1, -0.05) is 15.9 Å². The molecular weight excluding hydrogens is 344 g/mol. The Labute approximate surface area is 126 Å². The first-order chi connectivity index (χ1) is 9.50. The molecule has 2 aliphatic heterocycles. The van der Waals surface area contributed by atoms with Gasteiger partial charge >= 0.3 is 0 Å². The van der Waals surface area contributed by atoms with Gasteiger partial charge in [0.25, 0.3) is 0 Å². The van der Waals surface area contributed by atoms with Crippen molar-refractivity contribution in [2.75, 3.05) is 20.8 Å². The van der Waals surface area contributed by atoms with Crippen molar-refractivity contribution in [2.45, 2.75) is 25.7 Å². The van der Waals surface area contributed by atoms with Crippen molar-refractivity contribution in [1.29, 1.82) is 0 Å². The first kappa shape index (κ1) is 13.9. The summed E-state index contributed by atoms with van der Waals surface area (Å²) in [4.78, 5) is 13.8. The molecule has 20 heavy (non-hydrogen) atoms.